The van der Waals surface area contributed by atoms with Crippen LogP contribution in [0.1, 0.15) is 0 Å². The number of piperazine rings is 1. The highest BCUT2D eigenvalue weighted by Gasteiger charge is 2.18. The Balaban J connectivity index is 1.69. The average Bonchev–Trinajstić information content (AvgIpc) is 3.02. The van der Waals surface area contributed by atoms with Crippen LogP contribution in [0.25, 0.3) is 11.0 Å². The highest BCUT2D eigenvalue weighted by atomic mass is 32.2. The molecule has 1 aliphatic heterocycles. The number of hydrogen-bond acceptors (Lipinski definition) is 5. The Bertz CT molecular complexity index is 825. The first kappa shape index (κ1) is 15.4. The van der Waals surface area contributed by atoms with Crippen LogP contribution in [-0.2, 0) is 0 Å². The van der Waals surface area contributed by atoms with E-state index in [-0.39, 0.29) is 0 Å². The van der Waals surface area contributed by atoms with Crippen molar-refractivity contribution >= 4 is 28.7 Å². The van der Waals surface area contributed by atoms with Crippen LogP contribution >= 0.6 is 11.9 Å². The molecule has 1 aliphatic rings. The van der Waals surface area contributed by atoms with E-state index in [0.29, 0.717) is 0 Å². The van der Waals surface area contributed by atoms with Gasteiger partial charge in [-0.15, -0.1) is 0 Å². The molecule has 0 atom stereocenters. The molecular weight excluding hydrogens is 320 g/mol. The van der Waals surface area contributed by atoms with Gasteiger partial charge in [0.1, 0.15) is 11.3 Å². The van der Waals surface area contributed by atoms with E-state index >= 15 is 0 Å². The van der Waals surface area contributed by atoms with Gasteiger partial charge in [0.15, 0.2) is 0 Å². The summed E-state index contributed by atoms with van der Waals surface area (Å²) in [7, 11) is 1.69. The molecule has 0 aliphatic carbocycles. The van der Waals surface area contributed by atoms with Gasteiger partial charge in [-0.05, 0) is 48.3 Å². The van der Waals surface area contributed by atoms with Crippen molar-refractivity contribution in [2.24, 2.45) is 0 Å². The number of methoxy groups -OCH3 is 1. The summed E-state index contributed by atoms with van der Waals surface area (Å²) in [5, 5.41) is 3.40. The quantitative estimate of drug-likeness (QED) is 0.791. The molecule has 1 aromatic carbocycles. The van der Waals surface area contributed by atoms with Gasteiger partial charge in [0, 0.05) is 43.5 Å². The van der Waals surface area contributed by atoms with Gasteiger partial charge in [-0.1, -0.05) is 0 Å². The second-order valence-corrected chi connectivity index (χ2v) is 6.76. The van der Waals surface area contributed by atoms with Gasteiger partial charge >= 0.3 is 0 Å². The number of ether oxygens (including phenoxy) is 1. The van der Waals surface area contributed by atoms with E-state index in [1.165, 1.54) is 10.6 Å². The molecule has 0 unspecified atom stereocenters. The van der Waals surface area contributed by atoms with Crippen LogP contribution in [0, 0.1) is 0 Å². The Hall–Kier alpha value is -2.18. The van der Waals surface area contributed by atoms with E-state index in [9.17, 15) is 0 Å². The third-order valence-electron chi connectivity index (χ3n) is 4.23. The maximum absolute atomic E-state index is 5.23. The molecule has 1 N–H and O–H groups in total. The van der Waals surface area contributed by atoms with Gasteiger partial charge in [-0.25, -0.2) is 0 Å². The summed E-state index contributed by atoms with van der Waals surface area (Å²) in [6, 6.07) is 12.3. The molecule has 0 bridgehead atoms. The summed E-state index contributed by atoms with van der Waals surface area (Å²) in [6.45, 7) is 4.07. The molecule has 4 rings (SSSR count). The highest BCUT2D eigenvalue weighted by Crippen LogP contribution is 2.33. The monoisotopic (exact) mass is 340 g/mol. The van der Waals surface area contributed by atoms with Gasteiger partial charge in [-0.3, -0.25) is 8.96 Å². The molecule has 0 radical (unpaired) electrons. The van der Waals surface area contributed by atoms with Crippen molar-refractivity contribution in [2.45, 2.75) is 4.90 Å². The standard InChI is InChI=1S/C18H20N4OS/c1-23-14-4-6-15(7-5-14)24-22-13-17(21-11-9-19-10-12-21)18-16(22)3-2-8-20-18/h2-8,13,19H,9-12H2,1H3. The van der Waals surface area contributed by atoms with Gasteiger partial charge in [0.2, 0.25) is 0 Å². The number of nitrogens with zero attached hydrogens (tertiary/aromatic N) is 3. The Kier molecular flexibility index (Phi) is 4.32. The number of hydrogen-bond donors (Lipinski definition) is 1. The molecule has 3 aromatic rings. The minimum Gasteiger partial charge on any atom is -0.497 e. The lowest BCUT2D eigenvalue weighted by atomic mass is 10.3. The number of aromatic nitrogens is 2. The number of pyridine rings is 1. The van der Waals surface area contributed by atoms with E-state index in [4.69, 9.17) is 4.74 Å². The topological polar surface area (TPSA) is 42.3 Å². The van der Waals surface area contributed by atoms with Crippen molar-refractivity contribution in [3.05, 3.63) is 48.8 Å². The molecule has 24 heavy (non-hydrogen) atoms. The van der Waals surface area contributed by atoms with Crippen LogP contribution in [0.15, 0.2) is 53.7 Å². The lowest BCUT2D eigenvalue weighted by molar-refractivity contribution is 0.414. The molecule has 6 heteroatoms. The largest absolute Gasteiger partial charge is 0.497 e. The number of fused-ring (bicyclic) bond motifs is 1. The normalized spacial score (nSPS) is 15.0. The fraction of sp³-hybridized carbons (Fsp3) is 0.278. The maximum atomic E-state index is 5.23. The average molecular weight is 340 g/mol. The van der Waals surface area contributed by atoms with Crippen LogP contribution < -0.4 is 15.0 Å². The molecule has 0 saturated carbocycles. The van der Waals surface area contributed by atoms with Crippen LogP contribution in [0.5, 0.6) is 5.75 Å². The van der Waals surface area contributed by atoms with E-state index in [2.05, 4.69) is 43.6 Å². The smallest absolute Gasteiger partial charge is 0.118 e. The Morgan fingerprint density at radius 2 is 1.92 bits per heavy atom. The summed E-state index contributed by atoms with van der Waals surface area (Å²) in [6.07, 6.45) is 4.08. The van der Waals surface area contributed by atoms with Gasteiger partial charge < -0.3 is 15.0 Å². The third kappa shape index (κ3) is 2.95. The lowest BCUT2D eigenvalue weighted by Gasteiger charge is -2.28. The van der Waals surface area contributed by atoms with Crippen molar-refractivity contribution in [1.82, 2.24) is 14.3 Å². The van der Waals surface area contributed by atoms with E-state index < -0.39 is 0 Å². The minimum absolute atomic E-state index is 0.875. The van der Waals surface area contributed by atoms with Crippen LogP contribution in [0.4, 0.5) is 5.69 Å². The number of nitrogens with one attached hydrogen (secondary N) is 1. The zero-order valence-electron chi connectivity index (χ0n) is 13.6. The first-order valence-corrected chi connectivity index (χ1v) is 8.86. The second kappa shape index (κ2) is 6.75. The van der Waals surface area contributed by atoms with Gasteiger partial charge in [-0.2, -0.15) is 0 Å². The van der Waals surface area contributed by atoms with Crippen LogP contribution in [0.2, 0.25) is 0 Å². The minimum atomic E-state index is 0.875. The molecule has 1 saturated heterocycles. The van der Waals surface area contributed by atoms with Crippen LogP contribution in [-0.4, -0.2) is 42.2 Å². The van der Waals surface area contributed by atoms with Crippen molar-refractivity contribution in [2.75, 3.05) is 38.2 Å². The SMILES string of the molecule is COc1ccc(Sn2cc(N3CCNCC3)c3ncccc32)cc1. The summed E-state index contributed by atoms with van der Waals surface area (Å²) in [4.78, 5) is 8.21. The lowest BCUT2D eigenvalue weighted by Crippen LogP contribution is -2.43. The summed E-state index contributed by atoms with van der Waals surface area (Å²) >= 11 is 1.70. The van der Waals surface area contributed by atoms with Gasteiger partial charge in [0.05, 0.1) is 18.3 Å². The second-order valence-electron chi connectivity index (χ2n) is 5.72. The molecule has 124 valence electrons. The van der Waals surface area contributed by atoms with E-state index in [0.717, 1.165) is 43.0 Å². The van der Waals surface area contributed by atoms with Crippen molar-refractivity contribution in [3.8, 4) is 5.75 Å². The molecular formula is C18H20N4OS. The summed E-state index contributed by atoms with van der Waals surface area (Å²) in [5.41, 5.74) is 3.43. The predicted molar refractivity (Wildman–Crippen MR) is 99.1 cm³/mol. The Labute approximate surface area is 145 Å². The van der Waals surface area contributed by atoms with Crippen molar-refractivity contribution < 1.29 is 4.74 Å². The molecule has 5 nitrogen and oxygen atoms in total. The Morgan fingerprint density at radius 3 is 2.67 bits per heavy atom. The number of rotatable bonds is 4. The highest BCUT2D eigenvalue weighted by molar-refractivity contribution is 7.98. The number of anilines is 1. The first-order chi connectivity index (χ1) is 11.8. The van der Waals surface area contributed by atoms with Crippen molar-refractivity contribution in [3.63, 3.8) is 0 Å². The van der Waals surface area contributed by atoms with Crippen molar-refractivity contribution in [1.29, 1.82) is 0 Å². The summed E-state index contributed by atoms with van der Waals surface area (Å²) < 4.78 is 7.44. The molecule has 0 spiro atoms. The van der Waals surface area contributed by atoms with Crippen LogP contribution in [0.3, 0.4) is 0 Å². The fourth-order valence-corrected chi connectivity index (χ4v) is 3.86. The number of benzene rings is 1. The Morgan fingerprint density at radius 1 is 1.12 bits per heavy atom. The van der Waals surface area contributed by atoms with E-state index in [1.807, 2.05) is 24.4 Å². The zero-order chi connectivity index (χ0) is 16.4. The molecule has 3 heterocycles. The van der Waals surface area contributed by atoms with Gasteiger partial charge in [0.25, 0.3) is 0 Å². The summed E-state index contributed by atoms with van der Waals surface area (Å²) in [5.74, 6) is 0.875. The zero-order valence-corrected chi connectivity index (χ0v) is 14.4. The van der Waals surface area contributed by atoms with E-state index in [1.54, 1.807) is 19.1 Å². The molecule has 0 amide bonds. The molecule has 2 aromatic heterocycles. The third-order valence-corrected chi connectivity index (χ3v) is 5.21. The maximum Gasteiger partial charge on any atom is 0.118 e. The fourth-order valence-electron chi connectivity index (χ4n) is 2.98. The predicted octanol–water partition coefficient (Wildman–Crippen LogP) is 3.01. The first-order valence-electron chi connectivity index (χ1n) is 8.09. The molecule has 1 fully saturated rings.